The van der Waals surface area contributed by atoms with Gasteiger partial charge >= 0.3 is 0 Å². The average Bonchev–Trinajstić information content (AvgIpc) is 2.41. The molecule has 0 spiro atoms. The number of aliphatic hydroxyl groups is 1. The summed E-state index contributed by atoms with van der Waals surface area (Å²) in [6.07, 6.45) is 4.13. The summed E-state index contributed by atoms with van der Waals surface area (Å²) < 4.78 is 6.32. The topological polar surface area (TPSA) is 60.2 Å². The molecule has 5 heteroatoms. The predicted octanol–water partition coefficient (Wildman–Crippen LogP) is -0.955. The molecule has 0 aromatic carbocycles. The van der Waals surface area contributed by atoms with Gasteiger partial charge in [-0.3, -0.25) is 0 Å². The van der Waals surface area contributed by atoms with Crippen LogP contribution in [-0.2, 0) is 11.5 Å². The number of nitrogens with zero attached hydrogens (tertiary/aromatic N) is 3. The quantitative estimate of drug-likeness (QED) is 0.550. The highest BCUT2D eigenvalue weighted by Crippen LogP contribution is 1.80. The van der Waals surface area contributed by atoms with Crippen LogP contribution in [0.1, 0.15) is 0 Å². The van der Waals surface area contributed by atoms with E-state index in [1.165, 1.54) is 10.9 Å². The molecule has 1 radical (unpaired) electrons. The third-order valence-corrected chi connectivity index (χ3v) is 0.873. The van der Waals surface area contributed by atoms with Crippen molar-refractivity contribution >= 4 is 0 Å². The lowest BCUT2D eigenvalue weighted by Crippen LogP contribution is -2.06. The lowest BCUT2D eigenvalue weighted by atomic mass is 10.8. The molecule has 55 valence electrons. The van der Waals surface area contributed by atoms with Crippen LogP contribution in [0.15, 0.2) is 6.20 Å². The minimum atomic E-state index is 0.0225. The Kier molecular flexibility index (Phi) is 2.85. The SMILES string of the molecule is OCCOCn1[c]cnn1. The van der Waals surface area contributed by atoms with Gasteiger partial charge in [0, 0.05) is 0 Å². The van der Waals surface area contributed by atoms with E-state index in [9.17, 15) is 0 Å². The molecule has 1 N–H and O–H groups in total. The van der Waals surface area contributed by atoms with Gasteiger partial charge in [-0.05, 0) is 0 Å². The lowest BCUT2D eigenvalue weighted by molar-refractivity contribution is 0.0405. The van der Waals surface area contributed by atoms with Crippen LogP contribution in [0, 0.1) is 6.20 Å². The first-order valence-corrected chi connectivity index (χ1v) is 2.88. The van der Waals surface area contributed by atoms with Crippen molar-refractivity contribution in [2.45, 2.75) is 6.73 Å². The van der Waals surface area contributed by atoms with Crippen molar-refractivity contribution in [3.8, 4) is 0 Å². The van der Waals surface area contributed by atoms with Crippen molar-refractivity contribution in [1.29, 1.82) is 0 Å². The Balaban J connectivity index is 2.15. The molecule has 0 aliphatic carbocycles. The van der Waals surface area contributed by atoms with Gasteiger partial charge in [-0.2, -0.15) is 0 Å². The van der Waals surface area contributed by atoms with Gasteiger partial charge in [0.15, 0.2) is 0 Å². The first-order valence-electron chi connectivity index (χ1n) is 2.88. The molecule has 0 aliphatic rings. The summed E-state index contributed by atoms with van der Waals surface area (Å²) in [5.74, 6) is 0. The Morgan fingerprint density at radius 1 is 1.70 bits per heavy atom. The lowest BCUT2D eigenvalue weighted by Gasteiger charge is -1.98. The maximum Gasteiger partial charge on any atom is 0.141 e. The minimum Gasteiger partial charge on any atom is -0.394 e. The molecular weight excluding hydrogens is 134 g/mol. The monoisotopic (exact) mass is 142 g/mol. The molecule has 1 aromatic heterocycles. The number of aromatic nitrogens is 3. The molecule has 0 fully saturated rings. The van der Waals surface area contributed by atoms with Gasteiger partial charge in [-0.1, -0.05) is 5.21 Å². The van der Waals surface area contributed by atoms with Crippen LogP contribution >= 0.6 is 0 Å². The fraction of sp³-hybridized carbons (Fsp3) is 0.600. The Morgan fingerprint density at radius 2 is 2.60 bits per heavy atom. The second-order valence-electron chi connectivity index (χ2n) is 1.62. The third kappa shape index (κ3) is 2.12. The van der Waals surface area contributed by atoms with E-state index in [-0.39, 0.29) is 6.61 Å². The summed E-state index contributed by atoms with van der Waals surface area (Å²) in [5.41, 5.74) is 0. The number of aliphatic hydroxyl groups excluding tert-OH is 1. The molecule has 0 unspecified atom stereocenters. The zero-order valence-electron chi connectivity index (χ0n) is 5.40. The van der Waals surface area contributed by atoms with Gasteiger partial charge in [0.25, 0.3) is 0 Å². The second kappa shape index (κ2) is 3.97. The van der Waals surface area contributed by atoms with Gasteiger partial charge < -0.3 is 9.84 Å². The van der Waals surface area contributed by atoms with Crippen LogP contribution in [0.2, 0.25) is 0 Å². The van der Waals surface area contributed by atoms with Crippen LogP contribution < -0.4 is 0 Å². The fourth-order valence-electron chi connectivity index (χ4n) is 0.485. The largest absolute Gasteiger partial charge is 0.394 e. The standard InChI is InChI=1S/C5H8N3O2/c9-3-4-10-5-8-2-1-6-7-8/h1,9H,3-5H2. The van der Waals surface area contributed by atoms with E-state index in [0.29, 0.717) is 13.3 Å². The van der Waals surface area contributed by atoms with Crippen LogP contribution in [0.25, 0.3) is 0 Å². The van der Waals surface area contributed by atoms with Crippen LogP contribution in [-0.4, -0.2) is 33.3 Å². The first-order chi connectivity index (χ1) is 4.93. The smallest absolute Gasteiger partial charge is 0.141 e. The van der Waals surface area contributed by atoms with Gasteiger partial charge in [0.1, 0.15) is 12.9 Å². The van der Waals surface area contributed by atoms with E-state index in [1.807, 2.05) is 0 Å². The van der Waals surface area contributed by atoms with Crippen molar-refractivity contribution in [2.75, 3.05) is 13.2 Å². The fourth-order valence-corrected chi connectivity index (χ4v) is 0.485. The summed E-state index contributed by atoms with van der Waals surface area (Å²) >= 11 is 0. The summed E-state index contributed by atoms with van der Waals surface area (Å²) in [7, 11) is 0. The third-order valence-electron chi connectivity index (χ3n) is 0.873. The Morgan fingerprint density at radius 3 is 3.20 bits per heavy atom. The number of hydrogen-bond acceptors (Lipinski definition) is 4. The maximum atomic E-state index is 8.31. The highest BCUT2D eigenvalue weighted by atomic mass is 16.5. The highest BCUT2D eigenvalue weighted by Gasteiger charge is 1.89. The Hall–Kier alpha value is -0.940. The minimum absolute atomic E-state index is 0.0225. The molecule has 0 bridgehead atoms. The average molecular weight is 142 g/mol. The van der Waals surface area contributed by atoms with E-state index >= 15 is 0 Å². The van der Waals surface area contributed by atoms with Crippen molar-refractivity contribution in [1.82, 2.24) is 15.0 Å². The van der Waals surface area contributed by atoms with Crippen LogP contribution in [0.4, 0.5) is 0 Å². The molecule has 10 heavy (non-hydrogen) atoms. The number of rotatable bonds is 4. The highest BCUT2D eigenvalue weighted by molar-refractivity contribution is 4.57. The van der Waals surface area contributed by atoms with E-state index in [1.54, 1.807) is 0 Å². The molecule has 0 aliphatic heterocycles. The number of ether oxygens (including phenoxy) is 1. The van der Waals surface area contributed by atoms with Gasteiger partial charge in [0.05, 0.1) is 19.4 Å². The predicted molar refractivity (Wildman–Crippen MR) is 31.9 cm³/mol. The van der Waals surface area contributed by atoms with Crippen molar-refractivity contribution in [3.63, 3.8) is 0 Å². The Bertz CT molecular complexity index is 163. The maximum absolute atomic E-state index is 8.31. The number of hydrogen-bond donors (Lipinski definition) is 1. The molecule has 0 amide bonds. The molecule has 0 saturated carbocycles. The van der Waals surface area contributed by atoms with E-state index in [0.717, 1.165) is 0 Å². The van der Waals surface area contributed by atoms with E-state index < -0.39 is 0 Å². The first kappa shape index (κ1) is 7.17. The van der Waals surface area contributed by atoms with E-state index in [2.05, 4.69) is 16.5 Å². The normalized spacial score (nSPS) is 10.1. The van der Waals surface area contributed by atoms with Crippen molar-refractivity contribution in [3.05, 3.63) is 12.4 Å². The van der Waals surface area contributed by atoms with E-state index in [4.69, 9.17) is 9.84 Å². The molecule has 0 atom stereocenters. The summed E-state index contributed by atoms with van der Waals surface area (Å²) in [6.45, 7) is 0.628. The molecule has 5 nitrogen and oxygen atoms in total. The van der Waals surface area contributed by atoms with Gasteiger partial charge in [-0.15, -0.1) is 5.10 Å². The van der Waals surface area contributed by atoms with Gasteiger partial charge in [-0.25, -0.2) is 4.68 Å². The van der Waals surface area contributed by atoms with Crippen LogP contribution in [0.3, 0.4) is 0 Å². The molecule has 1 rings (SSSR count). The summed E-state index contributed by atoms with van der Waals surface area (Å²) in [5, 5.41) is 15.4. The molecule has 1 aromatic rings. The summed E-state index contributed by atoms with van der Waals surface area (Å²) in [4.78, 5) is 0. The van der Waals surface area contributed by atoms with Gasteiger partial charge in [0.2, 0.25) is 0 Å². The molecular formula is C5H8N3O2. The second-order valence-corrected chi connectivity index (χ2v) is 1.62. The Labute approximate surface area is 58.2 Å². The van der Waals surface area contributed by atoms with Crippen molar-refractivity contribution in [2.24, 2.45) is 0 Å². The zero-order valence-corrected chi connectivity index (χ0v) is 5.40. The molecule has 0 saturated heterocycles. The van der Waals surface area contributed by atoms with Crippen LogP contribution in [0.5, 0.6) is 0 Å². The van der Waals surface area contributed by atoms with Crippen molar-refractivity contribution < 1.29 is 9.84 Å². The summed E-state index contributed by atoms with van der Waals surface area (Å²) in [6, 6.07) is 0. The zero-order chi connectivity index (χ0) is 7.23. The molecule has 1 heterocycles.